The molecule has 0 spiro atoms. The van der Waals surface area contributed by atoms with Gasteiger partial charge in [-0.1, -0.05) is 18.2 Å². The number of esters is 1. The van der Waals surface area contributed by atoms with Crippen molar-refractivity contribution in [1.29, 1.82) is 0 Å². The van der Waals surface area contributed by atoms with E-state index in [-0.39, 0.29) is 11.8 Å². The van der Waals surface area contributed by atoms with E-state index in [2.05, 4.69) is 0 Å². The number of hydrogen-bond donors (Lipinski definition) is 0. The van der Waals surface area contributed by atoms with Gasteiger partial charge in [-0.15, -0.1) is 0 Å². The van der Waals surface area contributed by atoms with Gasteiger partial charge in [-0.3, -0.25) is 0 Å². The maximum atomic E-state index is 12.9. The molecule has 9 heteroatoms. The Kier molecular flexibility index (Phi) is 4.86. The van der Waals surface area contributed by atoms with Crippen molar-refractivity contribution in [2.45, 2.75) is 25.4 Å². The van der Waals surface area contributed by atoms with E-state index < -0.39 is 41.1 Å². The van der Waals surface area contributed by atoms with E-state index in [1.165, 1.54) is 6.92 Å². The molecule has 0 unspecified atom stereocenters. The maximum Gasteiger partial charge on any atom is 0.416 e. The first-order valence-electron chi connectivity index (χ1n) is 7.94. The average molecular weight is 402 g/mol. The molecule has 0 fully saturated rings. The molecule has 3 nitrogen and oxygen atoms in total. The Morgan fingerprint density at radius 1 is 0.929 bits per heavy atom. The summed E-state index contributed by atoms with van der Waals surface area (Å²) in [6.07, 6.45) is -11.1. The number of furan rings is 1. The molecule has 0 aliphatic heterocycles. The third kappa shape index (κ3) is 4.13. The molecule has 1 heterocycles. The van der Waals surface area contributed by atoms with E-state index in [0.717, 1.165) is 0 Å². The van der Waals surface area contributed by atoms with Crippen LogP contribution in [0.15, 0.2) is 52.9 Å². The van der Waals surface area contributed by atoms with Gasteiger partial charge < -0.3 is 9.15 Å². The van der Waals surface area contributed by atoms with Gasteiger partial charge in [-0.2, -0.15) is 26.3 Å². The molecule has 28 heavy (non-hydrogen) atoms. The highest BCUT2D eigenvalue weighted by Crippen LogP contribution is 2.37. The van der Waals surface area contributed by atoms with Crippen LogP contribution in [0.1, 0.15) is 40.3 Å². The molecule has 0 amide bonds. The molecule has 0 N–H and O–H groups in total. The number of carbonyl (C=O) groups is 1. The van der Waals surface area contributed by atoms with Gasteiger partial charge in [0.15, 0.2) is 6.10 Å². The Balaban J connectivity index is 1.90. The smallest absolute Gasteiger partial charge is 0.416 e. The lowest BCUT2D eigenvalue weighted by Gasteiger charge is -2.15. The summed E-state index contributed by atoms with van der Waals surface area (Å²) in [4.78, 5) is 12.2. The van der Waals surface area contributed by atoms with E-state index in [0.29, 0.717) is 23.1 Å². The second kappa shape index (κ2) is 6.88. The Morgan fingerprint density at radius 2 is 1.50 bits per heavy atom. The van der Waals surface area contributed by atoms with Crippen LogP contribution in [0.25, 0.3) is 11.0 Å². The second-order valence-electron chi connectivity index (χ2n) is 6.03. The molecule has 3 rings (SSSR count). The number of ether oxygens (including phenoxy) is 1. The topological polar surface area (TPSA) is 39.4 Å². The zero-order valence-electron chi connectivity index (χ0n) is 14.2. The molecule has 1 aromatic heterocycles. The Bertz CT molecular complexity index is 951. The molecule has 0 saturated heterocycles. The molecular formula is C19H12F6O3. The summed E-state index contributed by atoms with van der Waals surface area (Å²) in [6.45, 7) is 1.40. The number of carbonyl (C=O) groups excluding carboxylic acids is 1. The van der Waals surface area contributed by atoms with Crippen LogP contribution in [0.5, 0.6) is 0 Å². The Morgan fingerprint density at radius 3 is 2.04 bits per heavy atom. The molecular weight excluding hydrogens is 390 g/mol. The molecule has 0 saturated carbocycles. The molecule has 1 atom stereocenters. The van der Waals surface area contributed by atoms with Gasteiger partial charge in [-0.05, 0) is 37.3 Å². The Labute approximate surface area is 154 Å². The number of halogens is 6. The highest BCUT2D eigenvalue weighted by Gasteiger charge is 2.37. The van der Waals surface area contributed by atoms with Crippen LogP contribution in [0, 0.1) is 0 Å². The summed E-state index contributed by atoms with van der Waals surface area (Å²) in [5.74, 6) is -1.12. The fraction of sp³-hybridized carbons (Fsp3) is 0.211. The number of alkyl halides is 6. The van der Waals surface area contributed by atoms with Crippen LogP contribution in [0.2, 0.25) is 0 Å². The summed E-state index contributed by atoms with van der Waals surface area (Å²) in [5.41, 5.74) is -3.54. The van der Waals surface area contributed by atoms with Crippen LogP contribution in [-0.2, 0) is 17.1 Å². The van der Waals surface area contributed by atoms with E-state index in [1.54, 1.807) is 30.3 Å². The SMILES string of the molecule is C[C@@H](OC(=O)c1cc(C(F)(F)F)cc(C(F)(F)F)c1)c1cc2ccccc2o1. The summed E-state index contributed by atoms with van der Waals surface area (Å²) >= 11 is 0. The first-order valence-corrected chi connectivity index (χ1v) is 7.94. The van der Waals surface area contributed by atoms with Gasteiger partial charge in [0.1, 0.15) is 11.3 Å². The van der Waals surface area contributed by atoms with Crippen molar-refractivity contribution in [2.24, 2.45) is 0 Å². The summed E-state index contributed by atoms with van der Waals surface area (Å²) in [7, 11) is 0. The summed E-state index contributed by atoms with van der Waals surface area (Å²) in [5, 5.41) is 0.707. The fourth-order valence-electron chi connectivity index (χ4n) is 2.56. The van der Waals surface area contributed by atoms with Crippen LogP contribution in [0.3, 0.4) is 0 Å². The third-order valence-corrected chi connectivity index (χ3v) is 3.95. The highest BCUT2D eigenvalue weighted by molar-refractivity contribution is 5.90. The van der Waals surface area contributed by atoms with Crippen LogP contribution in [-0.4, -0.2) is 5.97 Å². The van der Waals surface area contributed by atoms with Crippen LogP contribution >= 0.6 is 0 Å². The third-order valence-electron chi connectivity index (χ3n) is 3.95. The fourth-order valence-corrected chi connectivity index (χ4v) is 2.56. The van der Waals surface area contributed by atoms with Gasteiger partial charge in [-0.25, -0.2) is 4.79 Å². The number of hydrogen-bond acceptors (Lipinski definition) is 3. The van der Waals surface area contributed by atoms with Crippen molar-refractivity contribution < 1.29 is 40.3 Å². The van der Waals surface area contributed by atoms with Crippen molar-refractivity contribution >= 4 is 16.9 Å². The van der Waals surface area contributed by atoms with Crippen LogP contribution < -0.4 is 0 Å². The molecule has 3 aromatic rings. The van der Waals surface area contributed by atoms with E-state index >= 15 is 0 Å². The molecule has 2 aromatic carbocycles. The standard InChI is InChI=1S/C19H12F6O3/c1-10(16-8-11-4-2-3-5-15(11)28-16)27-17(26)12-6-13(18(20,21)22)9-14(7-12)19(23,24)25/h2-10H,1H3/t10-/m1/s1. The van der Waals surface area contributed by atoms with Crippen molar-refractivity contribution in [3.8, 4) is 0 Å². The minimum Gasteiger partial charge on any atom is -0.457 e. The van der Waals surface area contributed by atoms with Gasteiger partial charge in [0.2, 0.25) is 0 Å². The first-order chi connectivity index (χ1) is 12.9. The molecule has 0 aliphatic carbocycles. The van der Waals surface area contributed by atoms with E-state index in [9.17, 15) is 31.1 Å². The number of fused-ring (bicyclic) bond motifs is 1. The van der Waals surface area contributed by atoms with Gasteiger partial charge in [0.25, 0.3) is 0 Å². The van der Waals surface area contributed by atoms with Gasteiger partial charge in [0.05, 0.1) is 16.7 Å². The first kappa shape index (κ1) is 19.8. The largest absolute Gasteiger partial charge is 0.457 e. The highest BCUT2D eigenvalue weighted by atomic mass is 19.4. The van der Waals surface area contributed by atoms with Crippen molar-refractivity contribution in [3.63, 3.8) is 0 Å². The number of benzene rings is 2. The zero-order valence-corrected chi connectivity index (χ0v) is 14.2. The quantitative estimate of drug-likeness (QED) is 0.377. The predicted octanol–water partition coefficient (Wildman–Crippen LogP) is 6.39. The molecule has 0 aliphatic rings. The molecule has 0 bridgehead atoms. The minimum atomic E-state index is -5.05. The van der Waals surface area contributed by atoms with E-state index in [4.69, 9.17) is 9.15 Å². The predicted molar refractivity (Wildman–Crippen MR) is 86.5 cm³/mol. The zero-order chi connectivity index (χ0) is 20.7. The molecule has 0 radical (unpaired) electrons. The maximum absolute atomic E-state index is 12.9. The molecule has 148 valence electrons. The van der Waals surface area contributed by atoms with Crippen LogP contribution in [0.4, 0.5) is 26.3 Å². The Hall–Kier alpha value is -2.97. The van der Waals surface area contributed by atoms with Crippen molar-refractivity contribution in [1.82, 2.24) is 0 Å². The lowest BCUT2D eigenvalue weighted by Crippen LogP contribution is -2.15. The number of rotatable bonds is 3. The average Bonchev–Trinajstić information content (AvgIpc) is 3.04. The lowest BCUT2D eigenvalue weighted by molar-refractivity contribution is -0.143. The monoisotopic (exact) mass is 402 g/mol. The summed E-state index contributed by atoms with van der Waals surface area (Å²) < 4.78 is 88.0. The number of para-hydroxylation sites is 1. The minimum absolute atomic E-state index is 0.0561. The van der Waals surface area contributed by atoms with Gasteiger partial charge >= 0.3 is 18.3 Å². The normalized spacial score (nSPS) is 13.5. The van der Waals surface area contributed by atoms with E-state index in [1.807, 2.05) is 0 Å². The lowest BCUT2D eigenvalue weighted by atomic mass is 10.0. The van der Waals surface area contributed by atoms with Crippen molar-refractivity contribution in [2.75, 3.05) is 0 Å². The van der Waals surface area contributed by atoms with Crippen molar-refractivity contribution in [3.05, 3.63) is 71.0 Å². The second-order valence-corrected chi connectivity index (χ2v) is 6.03. The van der Waals surface area contributed by atoms with Gasteiger partial charge in [0, 0.05) is 5.39 Å². The summed E-state index contributed by atoms with van der Waals surface area (Å²) in [6, 6.07) is 9.02.